The molecule has 4 rings (SSSR count). The molecule has 3 heteroatoms. The van der Waals surface area contributed by atoms with E-state index in [9.17, 15) is 0 Å². The predicted molar refractivity (Wildman–Crippen MR) is 98.0 cm³/mol. The summed E-state index contributed by atoms with van der Waals surface area (Å²) in [4.78, 5) is 0. The van der Waals surface area contributed by atoms with Gasteiger partial charge in [0.15, 0.2) is 0 Å². The number of benzene rings is 2. The summed E-state index contributed by atoms with van der Waals surface area (Å²) in [7, 11) is 0. The van der Waals surface area contributed by atoms with Crippen molar-refractivity contribution in [3.05, 3.63) is 98.4 Å². The summed E-state index contributed by atoms with van der Waals surface area (Å²) in [5.74, 6) is 0. The average Bonchev–Trinajstić information content (AvgIpc) is 3.13. The minimum atomic E-state index is -0.0936. The molecule has 23 heavy (non-hydrogen) atoms. The first-order chi connectivity index (χ1) is 10.3. The van der Waals surface area contributed by atoms with Gasteiger partial charge >= 0.3 is 141 Å². The van der Waals surface area contributed by atoms with Crippen LogP contribution in [0.4, 0.5) is 0 Å². The molecular weight excluding hydrogens is 402 g/mol. The van der Waals surface area contributed by atoms with Crippen LogP contribution < -0.4 is 0 Å². The van der Waals surface area contributed by atoms with Gasteiger partial charge in [-0.15, -0.1) is 24.8 Å². The third-order valence-electron chi connectivity index (χ3n) is 4.48. The summed E-state index contributed by atoms with van der Waals surface area (Å²) in [5, 5.41) is 0. The average molecular weight is 419 g/mol. The van der Waals surface area contributed by atoms with Gasteiger partial charge in [0.05, 0.1) is 0 Å². The van der Waals surface area contributed by atoms with Crippen molar-refractivity contribution in [3.8, 4) is 0 Å². The molecule has 0 saturated carbocycles. The van der Waals surface area contributed by atoms with Crippen LogP contribution in [0, 0.1) is 0 Å². The SMILES string of the molecule is Cl.Cl.[Zr][C]1=C(C2(c3ccccc3)C=Cc3ccccc32)C=CC1. The first kappa shape index (κ1) is 18.5. The summed E-state index contributed by atoms with van der Waals surface area (Å²) in [6.07, 6.45) is 10.4. The van der Waals surface area contributed by atoms with E-state index < -0.39 is 0 Å². The van der Waals surface area contributed by atoms with Crippen molar-refractivity contribution in [2.45, 2.75) is 11.8 Å². The Morgan fingerprint density at radius 3 is 2.22 bits per heavy atom. The molecule has 0 radical (unpaired) electrons. The molecule has 0 heterocycles. The molecule has 0 amide bonds. The Balaban J connectivity index is 0.000000960. The Morgan fingerprint density at radius 2 is 1.52 bits per heavy atom. The van der Waals surface area contributed by atoms with E-state index >= 15 is 0 Å². The molecule has 0 nitrogen and oxygen atoms in total. The number of rotatable bonds is 2. The van der Waals surface area contributed by atoms with Gasteiger partial charge in [0.2, 0.25) is 0 Å². The molecule has 2 aromatic rings. The molecule has 0 fully saturated rings. The van der Waals surface area contributed by atoms with Crippen molar-refractivity contribution < 1.29 is 24.7 Å². The van der Waals surface area contributed by atoms with Crippen LogP contribution in [-0.4, -0.2) is 0 Å². The minimum absolute atomic E-state index is 0. The van der Waals surface area contributed by atoms with Gasteiger partial charge in [-0.3, -0.25) is 0 Å². The summed E-state index contributed by atoms with van der Waals surface area (Å²) in [6.45, 7) is 0. The second kappa shape index (κ2) is 7.35. The second-order valence-electron chi connectivity index (χ2n) is 5.59. The molecule has 0 spiro atoms. The third kappa shape index (κ3) is 2.84. The molecule has 2 aromatic carbocycles. The van der Waals surface area contributed by atoms with Crippen LogP contribution in [-0.2, 0) is 30.1 Å². The number of allylic oxidation sites excluding steroid dienone is 5. The molecule has 0 bridgehead atoms. The molecule has 1 atom stereocenters. The number of halogens is 2. The van der Waals surface area contributed by atoms with Crippen LogP contribution in [0.3, 0.4) is 0 Å². The topological polar surface area (TPSA) is 0 Å². The molecule has 0 aliphatic heterocycles. The van der Waals surface area contributed by atoms with Gasteiger partial charge < -0.3 is 0 Å². The molecule has 2 aliphatic carbocycles. The normalized spacial score (nSPS) is 20.8. The van der Waals surface area contributed by atoms with Crippen molar-refractivity contribution in [2.75, 3.05) is 0 Å². The summed E-state index contributed by atoms with van der Waals surface area (Å²) in [6, 6.07) is 19.7. The third-order valence-corrected chi connectivity index (χ3v) is 5.65. The van der Waals surface area contributed by atoms with Gasteiger partial charge in [0, 0.05) is 0 Å². The van der Waals surface area contributed by atoms with Crippen LogP contribution in [0.2, 0.25) is 0 Å². The van der Waals surface area contributed by atoms with Crippen LogP contribution in [0.15, 0.2) is 81.7 Å². The van der Waals surface area contributed by atoms with Gasteiger partial charge in [-0.1, -0.05) is 0 Å². The van der Waals surface area contributed by atoms with Gasteiger partial charge in [0.1, 0.15) is 0 Å². The van der Waals surface area contributed by atoms with E-state index in [0.717, 1.165) is 6.42 Å². The van der Waals surface area contributed by atoms with Crippen molar-refractivity contribution in [1.29, 1.82) is 0 Å². The Bertz CT molecular complexity index is 790. The number of fused-ring (bicyclic) bond motifs is 1. The first-order valence-corrected chi connectivity index (χ1v) is 8.51. The Kier molecular flexibility index (Phi) is 5.90. The van der Waals surface area contributed by atoms with Crippen LogP contribution in [0.25, 0.3) is 6.08 Å². The monoisotopic (exact) mass is 417 g/mol. The standard InChI is InChI=1S/C20H15.2ClH.Zr/c1-2-9-17(10-3-1)20(18-11-5-6-12-18)15-14-16-8-4-7-13-19(16)20;;;/h1-5,7-11,13-15H,6H2;2*1H;. The fourth-order valence-electron chi connectivity index (χ4n) is 3.52. The summed E-state index contributed by atoms with van der Waals surface area (Å²) in [5.41, 5.74) is 5.51. The number of hydrogen-bond acceptors (Lipinski definition) is 0. The molecule has 0 saturated heterocycles. The van der Waals surface area contributed by atoms with Crippen molar-refractivity contribution in [1.82, 2.24) is 0 Å². The molecular formula is C20H17Cl2Zr. The Hall–Kier alpha value is -0.877. The van der Waals surface area contributed by atoms with Crippen molar-refractivity contribution in [3.63, 3.8) is 0 Å². The van der Waals surface area contributed by atoms with E-state index in [1.54, 1.807) is 3.28 Å². The maximum absolute atomic E-state index is 2.39. The second-order valence-corrected chi connectivity index (χ2v) is 7.08. The molecule has 1 unspecified atom stereocenters. The van der Waals surface area contributed by atoms with Crippen LogP contribution in [0.1, 0.15) is 23.1 Å². The predicted octanol–water partition coefficient (Wildman–Crippen LogP) is 5.60. The molecule has 0 aromatic heterocycles. The van der Waals surface area contributed by atoms with E-state index in [4.69, 9.17) is 0 Å². The van der Waals surface area contributed by atoms with Gasteiger partial charge in [0.25, 0.3) is 0 Å². The van der Waals surface area contributed by atoms with E-state index in [1.807, 2.05) is 0 Å². The van der Waals surface area contributed by atoms with E-state index in [-0.39, 0.29) is 30.2 Å². The van der Waals surface area contributed by atoms with E-state index in [2.05, 4.69) is 78.9 Å². The summed E-state index contributed by atoms with van der Waals surface area (Å²) >= 11 is 1.53. The van der Waals surface area contributed by atoms with E-state index in [0.29, 0.717) is 0 Å². The van der Waals surface area contributed by atoms with Crippen LogP contribution >= 0.6 is 24.8 Å². The zero-order valence-electron chi connectivity index (χ0n) is 12.5. The van der Waals surface area contributed by atoms with Crippen molar-refractivity contribution in [2.24, 2.45) is 0 Å². The van der Waals surface area contributed by atoms with Gasteiger partial charge in [-0.05, 0) is 0 Å². The molecule has 115 valence electrons. The number of hydrogen-bond donors (Lipinski definition) is 0. The zero-order valence-corrected chi connectivity index (χ0v) is 16.6. The maximum atomic E-state index is 2.39. The fourth-order valence-corrected chi connectivity index (χ4v) is 4.50. The van der Waals surface area contributed by atoms with E-state index in [1.165, 1.54) is 47.0 Å². The zero-order chi connectivity index (χ0) is 14.3. The molecule has 2 aliphatic rings. The summed E-state index contributed by atoms with van der Waals surface area (Å²) < 4.78 is 1.56. The Labute approximate surface area is 165 Å². The quantitative estimate of drug-likeness (QED) is 0.594. The fraction of sp³-hybridized carbons (Fsp3) is 0.100. The molecule has 0 N–H and O–H groups in total. The van der Waals surface area contributed by atoms with Crippen LogP contribution in [0.5, 0.6) is 0 Å². The first-order valence-electron chi connectivity index (χ1n) is 7.28. The van der Waals surface area contributed by atoms with Gasteiger partial charge in [-0.2, -0.15) is 0 Å². The Morgan fingerprint density at radius 1 is 0.826 bits per heavy atom. The van der Waals surface area contributed by atoms with Crippen molar-refractivity contribution >= 4 is 30.9 Å². The van der Waals surface area contributed by atoms with Gasteiger partial charge in [-0.25, -0.2) is 0 Å².